The molecule has 0 fully saturated rings. The van der Waals surface area contributed by atoms with Gasteiger partial charge in [0, 0.05) is 18.1 Å². The summed E-state index contributed by atoms with van der Waals surface area (Å²) in [5.41, 5.74) is 3.18. The number of rotatable bonds is 5. The Morgan fingerprint density at radius 3 is 2.78 bits per heavy atom. The minimum Gasteiger partial charge on any atom is -0.467 e. The summed E-state index contributed by atoms with van der Waals surface area (Å²) in [5.74, 6) is 0.695. The molecule has 0 atom stereocenters. The Bertz CT molecular complexity index is 865. The lowest BCUT2D eigenvalue weighted by atomic mass is 10.1. The molecular weight excluding hydrogens is 312 g/mol. The highest BCUT2D eigenvalue weighted by Gasteiger charge is 2.10. The van der Waals surface area contributed by atoms with Gasteiger partial charge in [0.2, 0.25) is 0 Å². The molecule has 1 aromatic heterocycles. The molecule has 0 amide bonds. The summed E-state index contributed by atoms with van der Waals surface area (Å²) in [6.07, 6.45) is 1.72. The molecule has 3 aromatic rings. The van der Waals surface area contributed by atoms with Crippen molar-refractivity contribution in [1.82, 2.24) is 10.2 Å². The molecule has 3 rings (SSSR count). The standard InChI is InChI=1S/C18H15ClN2O2/c1-3-12-8-13-9-17(21-20-16(13)10-15(12)19)14-6-4-5-7-18(14)23-11-22-2/h3-10H,1,11H2,2H3. The van der Waals surface area contributed by atoms with Crippen molar-refractivity contribution in [1.29, 1.82) is 0 Å². The Morgan fingerprint density at radius 1 is 1.17 bits per heavy atom. The van der Waals surface area contributed by atoms with Crippen molar-refractivity contribution in [2.45, 2.75) is 0 Å². The van der Waals surface area contributed by atoms with Crippen LogP contribution in [-0.2, 0) is 4.74 Å². The van der Waals surface area contributed by atoms with Crippen LogP contribution in [0, 0.1) is 0 Å². The molecule has 23 heavy (non-hydrogen) atoms. The van der Waals surface area contributed by atoms with E-state index in [1.165, 1.54) is 0 Å². The van der Waals surface area contributed by atoms with Crippen LogP contribution < -0.4 is 4.74 Å². The molecule has 0 bridgehead atoms. The van der Waals surface area contributed by atoms with Gasteiger partial charge in [0.25, 0.3) is 0 Å². The quantitative estimate of drug-likeness (QED) is 0.644. The van der Waals surface area contributed by atoms with Crippen LogP contribution in [0.4, 0.5) is 0 Å². The zero-order chi connectivity index (χ0) is 16.2. The van der Waals surface area contributed by atoms with E-state index in [-0.39, 0.29) is 6.79 Å². The van der Waals surface area contributed by atoms with E-state index in [0.717, 1.165) is 27.7 Å². The van der Waals surface area contributed by atoms with Crippen LogP contribution in [0.5, 0.6) is 5.75 Å². The van der Waals surface area contributed by atoms with Gasteiger partial charge in [0.05, 0.1) is 16.2 Å². The van der Waals surface area contributed by atoms with Crippen molar-refractivity contribution < 1.29 is 9.47 Å². The largest absolute Gasteiger partial charge is 0.467 e. The number of benzene rings is 2. The fourth-order valence-electron chi connectivity index (χ4n) is 2.30. The second kappa shape index (κ2) is 6.77. The maximum Gasteiger partial charge on any atom is 0.188 e. The third-order valence-electron chi connectivity index (χ3n) is 3.42. The van der Waals surface area contributed by atoms with Crippen LogP contribution in [0.1, 0.15) is 5.56 Å². The van der Waals surface area contributed by atoms with Crippen LogP contribution in [0.3, 0.4) is 0 Å². The first-order valence-corrected chi connectivity index (χ1v) is 7.41. The van der Waals surface area contributed by atoms with Gasteiger partial charge in [-0.15, -0.1) is 10.2 Å². The lowest BCUT2D eigenvalue weighted by Gasteiger charge is -2.10. The normalized spacial score (nSPS) is 10.7. The highest BCUT2D eigenvalue weighted by atomic mass is 35.5. The third kappa shape index (κ3) is 3.18. The van der Waals surface area contributed by atoms with E-state index >= 15 is 0 Å². The number of aromatic nitrogens is 2. The predicted octanol–water partition coefficient (Wildman–Crippen LogP) is 4.58. The van der Waals surface area contributed by atoms with Crippen molar-refractivity contribution in [2.24, 2.45) is 0 Å². The number of para-hydroxylation sites is 1. The highest BCUT2D eigenvalue weighted by Crippen LogP contribution is 2.31. The van der Waals surface area contributed by atoms with E-state index in [2.05, 4.69) is 16.8 Å². The molecule has 116 valence electrons. The fourth-order valence-corrected chi connectivity index (χ4v) is 2.53. The molecule has 0 radical (unpaired) electrons. The fraction of sp³-hybridized carbons (Fsp3) is 0.111. The number of hydrogen-bond donors (Lipinski definition) is 0. The molecule has 0 saturated carbocycles. The van der Waals surface area contributed by atoms with Crippen molar-refractivity contribution in [3.63, 3.8) is 0 Å². The monoisotopic (exact) mass is 326 g/mol. The van der Waals surface area contributed by atoms with E-state index in [1.807, 2.05) is 36.4 Å². The second-order valence-electron chi connectivity index (χ2n) is 4.91. The lowest BCUT2D eigenvalue weighted by molar-refractivity contribution is 0.0515. The van der Waals surface area contributed by atoms with Gasteiger partial charge in [0.15, 0.2) is 6.79 Å². The van der Waals surface area contributed by atoms with Gasteiger partial charge in [-0.05, 0) is 35.9 Å². The lowest BCUT2D eigenvalue weighted by Crippen LogP contribution is -2.01. The zero-order valence-electron chi connectivity index (χ0n) is 12.6. The number of hydrogen-bond acceptors (Lipinski definition) is 4. The minimum absolute atomic E-state index is 0.175. The number of nitrogens with zero attached hydrogens (tertiary/aromatic N) is 2. The first kappa shape index (κ1) is 15.5. The molecule has 2 aromatic carbocycles. The Balaban J connectivity index is 2.10. The molecular formula is C18H15ClN2O2. The SMILES string of the molecule is C=Cc1cc2cc(-c3ccccc3OCOC)nnc2cc1Cl. The summed E-state index contributed by atoms with van der Waals surface area (Å²) >= 11 is 6.17. The number of fused-ring (bicyclic) bond motifs is 1. The van der Waals surface area contributed by atoms with Crippen molar-refractivity contribution >= 4 is 28.6 Å². The van der Waals surface area contributed by atoms with Crippen LogP contribution in [0.25, 0.3) is 28.2 Å². The van der Waals surface area contributed by atoms with Crippen LogP contribution in [0.2, 0.25) is 5.02 Å². The Morgan fingerprint density at radius 2 is 2.00 bits per heavy atom. The molecule has 0 aliphatic heterocycles. The smallest absolute Gasteiger partial charge is 0.188 e. The average Bonchev–Trinajstić information content (AvgIpc) is 2.59. The third-order valence-corrected chi connectivity index (χ3v) is 3.75. The van der Waals surface area contributed by atoms with E-state index in [1.54, 1.807) is 19.3 Å². The summed E-state index contributed by atoms with van der Waals surface area (Å²) in [4.78, 5) is 0. The van der Waals surface area contributed by atoms with E-state index in [4.69, 9.17) is 21.1 Å². The van der Waals surface area contributed by atoms with Crippen molar-refractivity contribution in [3.05, 3.63) is 59.6 Å². The average molecular weight is 327 g/mol. The number of methoxy groups -OCH3 is 1. The molecule has 4 nitrogen and oxygen atoms in total. The minimum atomic E-state index is 0.175. The Kier molecular flexibility index (Phi) is 4.55. The van der Waals surface area contributed by atoms with E-state index < -0.39 is 0 Å². The first-order valence-electron chi connectivity index (χ1n) is 7.03. The molecule has 0 unspecified atom stereocenters. The summed E-state index contributed by atoms with van der Waals surface area (Å²) < 4.78 is 10.6. The van der Waals surface area contributed by atoms with Crippen LogP contribution >= 0.6 is 11.6 Å². The van der Waals surface area contributed by atoms with Crippen molar-refractivity contribution in [3.8, 4) is 17.0 Å². The molecule has 0 spiro atoms. The van der Waals surface area contributed by atoms with Gasteiger partial charge in [-0.25, -0.2) is 0 Å². The van der Waals surface area contributed by atoms with Gasteiger partial charge >= 0.3 is 0 Å². The first-order chi connectivity index (χ1) is 11.2. The van der Waals surface area contributed by atoms with Gasteiger partial charge in [-0.2, -0.15) is 0 Å². The molecule has 0 N–H and O–H groups in total. The molecule has 1 heterocycles. The maximum atomic E-state index is 6.17. The summed E-state index contributed by atoms with van der Waals surface area (Å²) in [6, 6.07) is 13.3. The van der Waals surface area contributed by atoms with Gasteiger partial charge in [0.1, 0.15) is 5.75 Å². The Labute approximate surface area is 139 Å². The predicted molar refractivity (Wildman–Crippen MR) is 92.6 cm³/mol. The Hall–Kier alpha value is -2.43. The topological polar surface area (TPSA) is 44.2 Å². The summed E-state index contributed by atoms with van der Waals surface area (Å²) in [7, 11) is 1.58. The maximum absolute atomic E-state index is 6.17. The van der Waals surface area contributed by atoms with E-state index in [0.29, 0.717) is 10.8 Å². The summed E-state index contributed by atoms with van der Waals surface area (Å²) in [6.45, 7) is 3.95. The van der Waals surface area contributed by atoms with Gasteiger partial charge in [-0.1, -0.05) is 36.4 Å². The second-order valence-corrected chi connectivity index (χ2v) is 5.32. The molecule has 0 aliphatic rings. The van der Waals surface area contributed by atoms with Crippen molar-refractivity contribution in [2.75, 3.05) is 13.9 Å². The van der Waals surface area contributed by atoms with Crippen LogP contribution in [0.15, 0.2) is 49.0 Å². The zero-order valence-corrected chi connectivity index (χ0v) is 13.4. The molecule has 5 heteroatoms. The summed E-state index contributed by atoms with van der Waals surface area (Å²) in [5, 5.41) is 10.1. The van der Waals surface area contributed by atoms with Crippen LogP contribution in [-0.4, -0.2) is 24.1 Å². The number of halogens is 1. The number of ether oxygens (including phenoxy) is 2. The van der Waals surface area contributed by atoms with Gasteiger partial charge in [-0.3, -0.25) is 0 Å². The van der Waals surface area contributed by atoms with E-state index in [9.17, 15) is 0 Å². The molecule has 0 aliphatic carbocycles. The molecule has 0 saturated heterocycles. The van der Waals surface area contributed by atoms with Gasteiger partial charge < -0.3 is 9.47 Å². The highest BCUT2D eigenvalue weighted by molar-refractivity contribution is 6.32.